The van der Waals surface area contributed by atoms with Crippen LogP contribution >= 0.6 is 24.0 Å². The molecule has 2 aliphatic rings. The molecule has 0 spiro atoms. The van der Waals surface area contributed by atoms with Crippen LogP contribution in [0.25, 0.3) is 6.08 Å². The molecular weight excluding hydrogens is 399 g/mol. The molecule has 2 amide bonds. The predicted molar refractivity (Wildman–Crippen MR) is 112 cm³/mol. The first-order valence-electron chi connectivity index (χ1n) is 9.41. The number of thioether (sulfide) groups is 1. The van der Waals surface area contributed by atoms with Crippen molar-refractivity contribution in [3.8, 4) is 0 Å². The van der Waals surface area contributed by atoms with Crippen molar-refractivity contribution in [1.29, 1.82) is 0 Å². The molecule has 1 N–H and O–H groups in total. The zero-order chi connectivity index (χ0) is 20.1. The van der Waals surface area contributed by atoms with E-state index in [1.54, 1.807) is 18.2 Å². The SMILES string of the molecule is O=C1/C(=C/c2ccccc2F)SC(=S)N1CCC(=O)N1CCCC[C@@H]1CCO. The van der Waals surface area contributed by atoms with Gasteiger partial charge in [0.2, 0.25) is 5.91 Å². The van der Waals surface area contributed by atoms with Gasteiger partial charge in [0, 0.05) is 37.7 Å². The van der Waals surface area contributed by atoms with Gasteiger partial charge >= 0.3 is 0 Å². The lowest BCUT2D eigenvalue weighted by molar-refractivity contribution is -0.135. The molecule has 2 aliphatic heterocycles. The van der Waals surface area contributed by atoms with Crippen LogP contribution in [-0.2, 0) is 9.59 Å². The number of piperidine rings is 1. The average molecular weight is 423 g/mol. The lowest BCUT2D eigenvalue weighted by Crippen LogP contribution is -2.45. The van der Waals surface area contributed by atoms with E-state index in [9.17, 15) is 19.1 Å². The van der Waals surface area contributed by atoms with Gasteiger partial charge in [-0.1, -0.05) is 42.2 Å². The molecule has 0 saturated carbocycles. The lowest BCUT2D eigenvalue weighted by atomic mass is 9.99. The number of aliphatic hydroxyl groups excluding tert-OH is 1. The Kier molecular flexibility index (Phi) is 7.20. The van der Waals surface area contributed by atoms with Gasteiger partial charge in [-0.25, -0.2) is 4.39 Å². The fraction of sp³-hybridized carbons (Fsp3) is 0.450. The van der Waals surface area contributed by atoms with Crippen LogP contribution in [0.1, 0.15) is 37.7 Å². The van der Waals surface area contributed by atoms with Gasteiger partial charge in [-0.05, 0) is 37.8 Å². The van der Waals surface area contributed by atoms with Gasteiger partial charge in [0.25, 0.3) is 5.91 Å². The fourth-order valence-electron chi connectivity index (χ4n) is 3.56. The number of aliphatic hydroxyl groups is 1. The van der Waals surface area contributed by atoms with Crippen LogP contribution in [0, 0.1) is 5.82 Å². The highest BCUT2D eigenvalue weighted by molar-refractivity contribution is 8.26. The van der Waals surface area contributed by atoms with Crippen molar-refractivity contribution in [2.75, 3.05) is 19.7 Å². The molecule has 150 valence electrons. The third kappa shape index (κ3) is 4.79. The van der Waals surface area contributed by atoms with E-state index in [2.05, 4.69) is 0 Å². The lowest BCUT2D eigenvalue weighted by Gasteiger charge is -2.36. The van der Waals surface area contributed by atoms with Crippen LogP contribution in [-0.4, -0.2) is 56.8 Å². The van der Waals surface area contributed by atoms with Gasteiger partial charge in [0.05, 0.1) is 4.91 Å². The van der Waals surface area contributed by atoms with Crippen LogP contribution in [0.3, 0.4) is 0 Å². The van der Waals surface area contributed by atoms with Crippen molar-refractivity contribution in [3.63, 3.8) is 0 Å². The highest BCUT2D eigenvalue weighted by Crippen LogP contribution is 2.33. The first kappa shape index (κ1) is 21.0. The number of amides is 2. The van der Waals surface area contributed by atoms with Crippen LogP contribution in [0.15, 0.2) is 29.2 Å². The molecule has 1 atom stereocenters. The number of benzene rings is 1. The van der Waals surface area contributed by atoms with Crippen molar-refractivity contribution in [1.82, 2.24) is 9.80 Å². The maximum absolute atomic E-state index is 13.8. The molecule has 8 heteroatoms. The number of halogens is 1. The van der Waals surface area contributed by atoms with E-state index >= 15 is 0 Å². The van der Waals surface area contributed by atoms with E-state index in [0.29, 0.717) is 27.8 Å². The monoisotopic (exact) mass is 422 g/mol. The molecule has 0 aromatic heterocycles. The Morgan fingerprint density at radius 1 is 1.36 bits per heavy atom. The molecule has 1 aromatic carbocycles. The summed E-state index contributed by atoms with van der Waals surface area (Å²) in [6, 6.07) is 6.30. The van der Waals surface area contributed by atoms with E-state index < -0.39 is 5.82 Å². The summed E-state index contributed by atoms with van der Waals surface area (Å²) in [5.74, 6) is -0.718. The van der Waals surface area contributed by atoms with Gasteiger partial charge in [-0.15, -0.1) is 0 Å². The number of hydrogen-bond acceptors (Lipinski definition) is 5. The van der Waals surface area contributed by atoms with Crippen molar-refractivity contribution in [2.24, 2.45) is 0 Å². The topological polar surface area (TPSA) is 60.9 Å². The van der Waals surface area contributed by atoms with Crippen LogP contribution < -0.4 is 0 Å². The zero-order valence-electron chi connectivity index (χ0n) is 15.5. The number of nitrogens with zero attached hydrogens (tertiary/aromatic N) is 2. The van der Waals surface area contributed by atoms with E-state index in [-0.39, 0.29) is 37.4 Å². The molecule has 28 heavy (non-hydrogen) atoms. The smallest absolute Gasteiger partial charge is 0.266 e. The van der Waals surface area contributed by atoms with Crippen molar-refractivity contribution in [3.05, 3.63) is 40.6 Å². The first-order chi connectivity index (χ1) is 13.5. The molecule has 5 nitrogen and oxygen atoms in total. The summed E-state index contributed by atoms with van der Waals surface area (Å²) in [7, 11) is 0. The Morgan fingerprint density at radius 2 is 2.14 bits per heavy atom. The molecule has 2 fully saturated rings. The Hall–Kier alpha value is -1.77. The quantitative estimate of drug-likeness (QED) is 0.564. The van der Waals surface area contributed by atoms with E-state index in [0.717, 1.165) is 31.0 Å². The molecule has 2 saturated heterocycles. The number of thiocarbonyl (C=S) groups is 1. The number of hydrogen-bond donors (Lipinski definition) is 1. The normalized spacial score (nSPS) is 21.6. The van der Waals surface area contributed by atoms with Crippen LogP contribution in [0.2, 0.25) is 0 Å². The zero-order valence-corrected chi connectivity index (χ0v) is 17.1. The highest BCUT2D eigenvalue weighted by atomic mass is 32.2. The summed E-state index contributed by atoms with van der Waals surface area (Å²) in [6.07, 6.45) is 5.18. The van der Waals surface area contributed by atoms with E-state index in [1.807, 2.05) is 4.90 Å². The van der Waals surface area contributed by atoms with Gasteiger partial charge < -0.3 is 10.0 Å². The minimum atomic E-state index is -0.400. The summed E-state index contributed by atoms with van der Waals surface area (Å²) >= 11 is 6.42. The van der Waals surface area contributed by atoms with Crippen LogP contribution in [0.5, 0.6) is 0 Å². The molecule has 0 radical (unpaired) electrons. The largest absolute Gasteiger partial charge is 0.396 e. The standard InChI is InChI=1S/C20H23FN2O3S2/c21-16-7-2-1-5-14(16)13-17-19(26)23(20(27)28-17)11-8-18(25)22-10-4-3-6-15(22)9-12-24/h1-2,5,7,13,15,24H,3-4,6,8-12H2/b17-13-/t15-/m1/s1. The highest BCUT2D eigenvalue weighted by Gasteiger charge is 2.33. The van der Waals surface area contributed by atoms with Crippen LogP contribution in [0.4, 0.5) is 4.39 Å². The molecule has 0 unspecified atom stereocenters. The first-order valence-corrected chi connectivity index (χ1v) is 10.6. The Labute approximate surface area is 173 Å². The minimum absolute atomic E-state index is 0.0229. The third-order valence-electron chi connectivity index (χ3n) is 5.02. The number of rotatable bonds is 6. The predicted octanol–water partition coefficient (Wildman–Crippen LogP) is 3.18. The fourth-order valence-corrected chi connectivity index (χ4v) is 4.85. The van der Waals surface area contributed by atoms with E-state index in [4.69, 9.17) is 12.2 Å². The molecular formula is C20H23FN2O3S2. The Bertz CT molecular complexity index is 797. The average Bonchev–Trinajstić information content (AvgIpc) is 2.95. The summed E-state index contributed by atoms with van der Waals surface area (Å²) < 4.78 is 14.2. The Morgan fingerprint density at radius 3 is 2.89 bits per heavy atom. The number of carbonyl (C=O) groups is 2. The summed E-state index contributed by atoms with van der Waals surface area (Å²) in [5.41, 5.74) is 0.333. The maximum Gasteiger partial charge on any atom is 0.266 e. The second-order valence-corrected chi connectivity index (χ2v) is 8.53. The van der Waals surface area contributed by atoms with Crippen molar-refractivity contribution < 1.29 is 19.1 Å². The third-order valence-corrected chi connectivity index (χ3v) is 6.40. The van der Waals surface area contributed by atoms with Gasteiger partial charge in [-0.3, -0.25) is 14.5 Å². The molecule has 0 bridgehead atoms. The molecule has 1 aromatic rings. The number of carbonyl (C=O) groups excluding carboxylic acids is 2. The van der Waals surface area contributed by atoms with Crippen molar-refractivity contribution >= 4 is 46.2 Å². The van der Waals surface area contributed by atoms with Crippen molar-refractivity contribution in [2.45, 2.75) is 38.1 Å². The Balaban J connectivity index is 1.63. The summed E-state index contributed by atoms with van der Waals surface area (Å²) in [5, 5.41) is 9.22. The minimum Gasteiger partial charge on any atom is -0.396 e. The van der Waals surface area contributed by atoms with Gasteiger partial charge in [0.1, 0.15) is 10.1 Å². The van der Waals surface area contributed by atoms with Gasteiger partial charge in [0.15, 0.2) is 0 Å². The van der Waals surface area contributed by atoms with Gasteiger partial charge in [-0.2, -0.15) is 0 Å². The second-order valence-electron chi connectivity index (χ2n) is 6.85. The number of likely N-dealkylation sites (tertiary alicyclic amines) is 1. The molecule has 0 aliphatic carbocycles. The molecule has 3 rings (SSSR count). The molecule has 2 heterocycles. The summed E-state index contributed by atoms with van der Waals surface area (Å²) in [4.78, 5) is 28.9. The summed E-state index contributed by atoms with van der Waals surface area (Å²) in [6.45, 7) is 0.958. The maximum atomic E-state index is 13.8. The second kappa shape index (κ2) is 9.62. The van der Waals surface area contributed by atoms with E-state index in [1.165, 1.54) is 17.0 Å².